The first-order valence-electron chi connectivity index (χ1n) is 5.42. The normalized spacial score (nSPS) is 9.94. The van der Waals surface area contributed by atoms with Gasteiger partial charge in [-0.3, -0.25) is 4.79 Å². The number of amides is 1. The molecule has 0 heterocycles. The van der Waals surface area contributed by atoms with Gasteiger partial charge in [0.05, 0.1) is 5.75 Å². The number of hydrogen-bond donors (Lipinski definition) is 1. The molecule has 0 fully saturated rings. The number of rotatable bonds is 7. The van der Waals surface area contributed by atoms with Gasteiger partial charge in [0.15, 0.2) is 0 Å². The zero-order valence-electron chi connectivity index (χ0n) is 9.62. The van der Waals surface area contributed by atoms with Gasteiger partial charge in [-0.1, -0.05) is 18.2 Å². The molecule has 0 unspecified atom stereocenters. The molecule has 4 heteroatoms. The van der Waals surface area contributed by atoms with Crippen LogP contribution in [-0.2, 0) is 11.2 Å². The maximum atomic E-state index is 12.6. The third kappa shape index (κ3) is 6.12. The van der Waals surface area contributed by atoms with Crippen LogP contribution < -0.4 is 5.32 Å². The van der Waals surface area contributed by atoms with E-state index in [0.29, 0.717) is 12.3 Å². The van der Waals surface area contributed by atoms with Gasteiger partial charge in [-0.25, -0.2) is 4.39 Å². The summed E-state index contributed by atoms with van der Waals surface area (Å²) in [6, 6.07) is 6.32. The highest BCUT2D eigenvalue weighted by Crippen LogP contribution is 2.03. The average Bonchev–Trinajstić information content (AvgIpc) is 2.32. The van der Waals surface area contributed by atoms with Crippen molar-refractivity contribution in [1.82, 2.24) is 5.32 Å². The smallest absolute Gasteiger partial charge is 0.230 e. The van der Waals surface area contributed by atoms with Crippen molar-refractivity contribution in [2.45, 2.75) is 6.42 Å². The zero-order valence-corrected chi connectivity index (χ0v) is 10.4. The molecule has 0 aliphatic rings. The van der Waals surface area contributed by atoms with Crippen LogP contribution in [0.25, 0.3) is 0 Å². The number of carbonyl (C=O) groups is 1. The minimum atomic E-state index is -0.237. The molecule has 1 N–H and O–H groups in total. The highest BCUT2D eigenvalue weighted by molar-refractivity contribution is 8.00. The first-order valence-corrected chi connectivity index (χ1v) is 6.57. The van der Waals surface area contributed by atoms with Crippen molar-refractivity contribution in [1.29, 1.82) is 0 Å². The van der Waals surface area contributed by atoms with Gasteiger partial charge in [-0.2, -0.15) is 0 Å². The lowest BCUT2D eigenvalue weighted by Crippen LogP contribution is -2.27. The summed E-state index contributed by atoms with van der Waals surface area (Å²) in [6.07, 6.45) is 2.49. The molecule has 0 saturated heterocycles. The quantitative estimate of drug-likeness (QED) is 0.597. The maximum Gasteiger partial charge on any atom is 0.230 e. The molecule has 1 rings (SSSR count). The Bertz CT molecular complexity index is 364. The van der Waals surface area contributed by atoms with E-state index in [-0.39, 0.29) is 11.7 Å². The summed E-state index contributed by atoms with van der Waals surface area (Å²) in [5.74, 6) is 1.03. The van der Waals surface area contributed by atoms with Gasteiger partial charge in [0.1, 0.15) is 5.82 Å². The van der Waals surface area contributed by atoms with E-state index in [1.54, 1.807) is 18.2 Å². The highest BCUT2D eigenvalue weighted by Gasteiger charge is 2.00. The highest BCUT2D eigenvalue weighted by atomic mass is 32.2. The molecule has 0 aromatic heterocycles. The number of benzene rings is 1. The second-order valence-electron chi connectivity index (χ2n) is 3.53. The Balaban J connectivity index is 2.16. The average molecular weight is 253 g/mol. The van der Waals surface area contributed by atoms with E-state index in [4.69, 9.17) is 0 Å². The number of hydrogen-bond acceptors (Lipinski definition) is 2. The predicted molar refractivity (Wildman–Crippen MR) is 70.6 cm³/mol. The minimum absolute atomic E-state index is 0.0268. The standard InChI is InChI=1S/C13H16FNOS/c1-2-9-17-10-13(16)15-8-7-11-3-5-12(14)6-4-11/h2-6H,1,7-10H2,(H,15,16). The fraction of sp³-hybridized carbons (Fsp3) is 0.308. The molecule has 1 aromatic rings. The predicted octanol–water partition coefficient (Wildman–Crippen LogP) is 2.40. The molecule has 0 radical (unpaired) electrons. The molecular formula is C13H16FNOS. The van der Waals surface area contributed by atoms with Gasteiger partial charge in [0.2, 0.25) is 5.91 Å². The molecule has 0 aliphatic carbocycles. The zero-order chi connectivity index (χ0) is 12.5. The van der Waals surface area contributed by atoms with Crippen molar-refractivity contribution >= 4 is 17.7 Å². The van der Waals surface area contributed by atoms with E-state index in [2.05, 4.69) is 11.9 Å². The van der Waals surface area contributed by atoms with E-state index in [9.17, 15) is 9.18 Å². The fourth-order valence-electron chi connectivity index (χ4n) is 1.28. The van der Waals surface area contributed by atoms with E-state index in [1.165, 1.54) is 23.9 Å². The number of halogens is 1. The molecule has 0 saturated carbocycles. The molecule has 0 bridgehead atoms. The van der Waals surface area contributed by atoms with Crippen molar-refractivity contribution in [3.8, 4) is 0 Å². The Hall–Kier alpha value is -1.29. The lowest BCUT2D eigenvalue weighted by Gasteiger charge is -2.04. The number of carbonyl (C=O) groups excluding carboxylic acids is 1. The van der Waals surface area contributed by atoms with Crippen LogP contribution >= 0.6 is 11.8 Å². The second kappa shape index (κ2) is 7.90. The van der Waals surface area contributed by atoms with Crippen LogP contribution in [-0.4, -0.2) is 24.0 Å². The van der Waals surface area contributed by atoms with Crippen LogP contribution in [0.2, 0.25) is 0 Å². The third-order valence-electron chi connectivity index (χ3n) is 2.12. The molecule has 2 nitrogen and oxygen atoms in total. The summed E-state index contributed by atoms with van der Waals surface area (Å²) in [4.78, 5) is 11.3. The largest absolute Gasteiger partial charge is 0.355 e. The first-order chi connectivity index (χ1) is 8.22. The molecule has 0 atom stereocenters. The molecular weight excluding hydrogens is 237 g/mol. The van der Waals surface area contributed by atoms with Crippen LogP contribution in [0, 0.1) is 5.82 Å². The van der Waals surface area contributed by atoms with Gasteiger partial charge < -0.3 is 5.32 Å². The number of nitrogens with one attached hydrogen (secondary N) is 1. The van der Waals surface area contributed by atoms with Gasteiger partial charge in [-0.15, -0.1) is 18.3 Å². The molecule has 0 spiro atoms. The van der Waals surface area contributed by atoms with E-state index in [0.717, 1.165) is 17.7 Å². The number of thioether (sulfide) groups is 1. The third-order valence-corrected chi connectivity index (χ3v) is 3.06. The van der Waals surface area contributed by atoms with E-state index in [1.807, 2.05) is 0 Å². The SMILES string of the molecule is C=CCSCC(=O)NCCc1ccc(F)cc1. The Labute approximate surface area is 105 Å². The summed E-state index contributed by atoms with van der Waals surface area (Å²) >= 11 is 1.53. The molecule has 1 aromatic carbocycles. The molecule has 17 heavy (non-hydrogen) atoms. The Morgan fingerprint density at radius 3 is 2.76 bits per heavy atom. The molecule has 1 amide bonds. The van der Waals surface area contributed by atoms with Gasteiger partial charge in [-0.05, 0) is 24.1 Å². The summed E-state index contributed by atoms with van der Waals surface area (Å²) in [7, 11) is 0. The van der Waals surface area contributed by atoms with Gasteiger partial charge in [0, 0.05) is 12.3 Å². The maximum absolute atomic E-state index is 12.6. The van der Waals surface area contributed by atoms with Crippen molar-refractivity contribution in [3.05, 3.63) is 48.3 Å². The lowest BCUT2D eigenvalue weighted by atomic mass is 10.1. The lowest BCUT2D eigenvalue weighted by molar-refractivity contribution is -0.118. The fourth-order valence-corrected chi connectivity index (χ4v) is 1.86. The van der Waals surface area contributed by atoms with Crippen molar-refractivity contribution < 1.29 is 9.18 Å². The Morgan fingerprint density at radius 2 is 2.12 bits per heavy atom. The minimum Gasteiger partial charge on any atom is -0.355 e. The topological polar surface area (TPSA) is 29.1 Å². The van der Waals surface area contributed by atoms with Crippen LogP contribution in [0.4, 0.5) is 4.39 Å². The van der Waals surface area contributed by atoms with Crippen LogP contribution in [0.15, 0.2) is 36.9 Å². The Morgan fingerprint density at radius 1 is 1.41 bits per heavy atom. The van der Waals surface area contributed by atoms with Crippen molar-refractivity contribution in [2.24, 2.45) is 0 Å². The van der Waals surface area contributed by atoms with Gasteiger partial charge >= 0.3 is 0 Å². The Kier molecular flexibility index (Phi) is 6.40. The van der Waals surface area contributed by atoms with Crippen molar-refractivity contribution in [3.63, 3.8) is 0 Å². The van der Waals surface area contributed by atoms with Crippen LogP contribution in [0.3, 0.4) is 0 Å². The van der Waals surface area contributed by atoms with Crippen molar-refractivity contribution in [2.75, 3.05) is 18.1 Å². The van der Waals surface area contributed by atoms with Crippen LogP contribution in [0.5, 0.6) is 0 Å². The summed E-state index contributed by atoms with van der Waals surface area (Å²) < 4.78 is 12.6. The van der Waals surface area contributed by atoms with E-state index >= 15 is 0 Å². The summed E-state index contributed by atoms with van der Waals surface area (Å²) in [5, 5.41) is 2.82. The summed E-state index contributed by atoms with van der Waals surface area (Å²) in [6.45, 7) is 4.17. The molecule has 92 valence electrons. The summed E-state index contributed by atoms with van der Waals surface area (Å²) in [5.41, 5.74) is 1.02. The van der Waals surface area contributed by atoms with Crippen LogP contribution in [0.1, 0.15) is 5.56 Å². The molecule has 0 aliphatic heterocycles. The van der Waals surface area contributed by atoms with E-state index < -0.39 is 0 Å². The monoisotopic (exact) mass is 253 g/mol. The van der Waals surface area contributed by atoms with Gasteiger partial charge in [0.25, 0.3) is 0 Å². The second-order valence-corrected chi connectivity index (χ2v) is 4.56. The first kappa shape index (κ1) is 13.8.